The van der Waals surface area contributed by atoms with Crippen LogP contribution >= 0.6 is 0 Å². The van der Waals surface area contributed by atoms with Gasteiger partial charge < -0.3 is 15.2 Å². The number of nitrogens with zero attached hydrogens (tertiary/aromatic N) is 1. The molecule has 1 unspecified atom stereocenters. The molecule has 0 radical (unpaired) electrons. The van der Waals surface area contributed by atoms with Crippen molar-refractivity contribution in [3.05, 3.63) is 53.3 Å². The van der Waals surface area contributed by atoms with Gasteiger partial charge in [0.2, 0.25) is 0 Å². The molecule has 3 rings (SSSR count). The van der Waals surface area contributed by atoms with Crippen molar-refractivity contribution in [2.45, 2.75) is 26.0 Å². The number of benzene rings is 1. The van der Waals surface area contributed by atoms with Crippen LogP contribution in [0, 0.1) is 6.92 Å². The predicted octanol–water partition coefficient (Wildman–Crippen LogP) is 2.23. The third kappa shape index (κ3) is 2.75. The topological polar surface area (TPSA) is 57.4 Å². The zero-order chi connectivity index (χ0) is 13.9. The molecule has 0 aliphatic carbocycles. The lowest BCUT2D eigenvalue weighted by Crippen LogP contribution is -2.22. The molecule has 0 saturated heterocycles. The van der Waals surface area contributed by atoms with Gasteiger partial charge in [-0.1, -0.05) is 17.7 Å². The first kappa shape index (κ1) is 12.9. The lowest BCUT2D eigenvalue weighted by molar-refractivity contribution is 0.148. The Morgan fingerprint density at radius 1 is 1.35 bits per heavy atom. The molecule has 0 amide bonds. The van der Waals surface area contributed by atoms with Gasteiger partial charge in [-0.3, -0.25) is 4.98 Å². The van der Waals surface area contributed by atoms with Gasteiger partial charge in [0.1, 0.15) is 24.2 Å². The highest BCUT2D eigenvalue weighted by Crippen LogP contribution is 2.29. The quantitative estimate of drug-likeness (QED) is 0.925. The van der Waals surface area contributed by atoms with Gasteiger partial charge in [-0.2, -0.15) is 0 Å². The number of aryl methyl sites for hydroxylation is 1. The van der Waals surface area contributed by atoms with Gasteiger partial charge in [-0.15, -0.1) is 0 Å². The van der Waals surface area contributed by atoms with E-state index in [9.17, 15) is 0 Å². The SMILES string of the molecule is Cc1ccc2c(c1)CC(COc1ccc(CN)nc1)O2. The molecule has 1 aromatic heterocycles. The van der Waals surface area contributed by atoms with Crippen LogP contribution < -0.4 is 15.2 Å². The molecule has 0 fully saturated rings. The first-order chi connectivity index (χ1) is 9.74. The Kier molecular flexibility index (Phi) is 3.56. The van der Waals surface area contributed by atoms with Crippen LogP contribution in [0.2, 0.25) is 0 Å². The summed E-state index contributed by atoms with van der Waals surface area (Å²) in [6.45, 7) is 3.06. The molecule has 4 heteroatoms. The molecule has 1 atom stereocenters. The highest BCUT2D eigenvalue weighted by atomic mass is 16.5. The summed E-state index contributed by atoms with van der Waals surface area (Å²) in [7, 11) is 0. The van der Waals surface area contributed by atoms with E-state index >= 15 is 0 Å². The van der Waals surface area contributed by atoms with Gasteiger partial charge in [0, 0.05) is 13.0 Å². The van der Waals surface area contributed by atoms with Gasteiger partial charge in [0.25, 0.3) is 0 Å². The number of aromatic nitrogens is 1. The van der Waals surface area contributed by atoms with Gasteiger partial charge in [0.05, 0.1) is 11.9 Å². The van der Waals surface area contributed by atoms with Crippen molar-refractivity contribution in [2.75, 3.05) is 6.61 Å². The van der Waals surface area contributed by atoms with Crippen molar-refractivity contribution in [3.63, 3.8) is 0 Å². The van der Waals surface area contributed by atoms with E-state index in [-0.39, 0.29) is 6.10 Å². The van der Waals surface area contributed by atoms with E-state index in [1.807, 2.05) is 18.2 Å². The Bertz CT molecular complexity index is 596. The maximum atomic E-state index is 5.86. The van der Waals surface area contributed by atoms with E-state index in [1.165, 1.54) is 11.1 Å². The van der Waals surface area contributed by atoms with Crippen LogP contribution in [0.15, 0.2) is 36.5 Å². The van der Waals surface area contributed by atoms with E-state index in [0.29, 0.717) is 13.2 Å². The van der Waals surface area contributed by atoms with Crippen LogP contribution in [0.1, 0.15) is 16.8 Å². The molecule has 104 valence electrons. The first-order valence-corrected chi connectivity index (χ1v) is 6.78. The minimum absolute atomic E-state index is 0.0704. The number of rotatable bonds is 4. The van der Waals surface area contributed by atoms with E-state index in [4.69, 9.17) is 15.2 Å². The van der Waals surface area contributed by atoms with Gasteiger partial charge in [0.15, 0.2) is 0 Å². The van der Waals surface area contributed by atoms with E-state index in [2.05, 4.69) is 24.0 Å². The molecule has 0 saturated carbocycles. The molecule has 4 nitrogen and oxygen atoms in total. The molecule has 1 aliphatic heterocycles. The summed E-state index contributed by atoms with van der Waals surface area (Å²) in [4.78, 5) is 4.20. The average molecular weight is 270 g/mol. The number of hydrogen-bond acceptors (Lipinski definition) is 4. The molecule has 2 heterocycles. The second kappa shape index (κ2) is 5.51. The largest absolute Gasteiger partial charge is 0.488 e. The number of ether oxygens (including phenoxy) is 2. The Labute approximate surface area is 118 Å². The number of pyridine rings is 1. The highest BCUT2D eigenvalue weighted by Gasteiger charge is 2.23. The minimum atomic E-state index is 0.0704. The number of hydrogen-bond donors (Lipinski definition) is 1. The van der Waals surface area contributed by atoms with Crippen LogP contribution in [0.4, 0.5) is 0 Å². The van der Waals surface area contributed by atoms with Crippen molar-refractivity contribution in [2.24, 2.45) is 5.73 Å². The monoisotopic (exact) mass is 270 g/mol. The lowest BCUT2D eigenvalue weighted by Gasteiger charge is -2.12. The van der Waals surface area contributed by atoms with E-state index < -0.39 is 0 Å². The van der Waals surface area contributed by atoms with Gasteiger partial charge >= 0.3 is 0 Å². The molecule has 2 aromatic rings. The molecule has 0 spiro atoms. The fourth-order valence-electron chi connectivity index (χ4n) is 2.35. The molecule has 1 aliphatic rings. The summed E-state index contributed by atoms with van der Waals surface area (Å²) in [6, 6.07) is 10.0. The maximum absolute atomic E-state index is 5.86. The second-order valence-electron chi connectivity index (χ2n) is 5.06. The van der Waals surface area contributed by atoms with Crippen LogP contribution in [0.3, 0.4) is 0 Å². The zero-order valence-electron chi connectivity index (χ0n) is 11.5. The summed E-state index contributed by atoms with van der Waals surface area (Å²) in [6.07, 6.45) is 2.67. The Morgan fingerprint density at radius 3 is 3.00 bits per heavy atom. The lowest BCUT2D eigenvalue weighted by atomic mass is 10.1. The number of nitrogens with two attached hydrogens (primary N) is 1. The highest BCUT2D eigenvalue weighted by molar-refractivity contribution is 5.40. The summed E-state index contributed by atoms with van der Waals surface area (Å²) < 4.78 is 11.6. The molecule has 20 heavy (non-hydrogen) atoms. The summed E-state index contributed by atoms with van der Waals surface area (Å²) in [5, 5.41) is 0. The minimum Gasteiger partial charge on any atom is -0.488 e. The molecule has 2 N–H and O–H groups in total. The average Bonchev–Trinajstić information content (AvgIpc) is 2.87. The normalized spacial score (nSPS) is 16.6. The molecule has 0 bridgehead atoms. The summed E-state index contributed by atoms with van der Waals surface area (Å²) in [5.74, 6) is 1.72. The second-order valence-corrected chi connectivity index (χ2v) is 5.06. The van der Waals surface area contributed by atoms with Gasteiger partial charge in [-0.05, 0) is 30.7 Å². The summed E-state index contributed by atoms with van der Waals surface area (Å²) in [5.41, 5.74) is 8.89. The number of fused-ring (bicyclic) bond motifs is 1. The van der Waals surface area contributed by atoms with E-state index in [0.717, 1.165) is 23.6 Å². The maximum Gasteiger partial charge on any atom is 0.137 e. The van der Waals surface area contributed by atoms with Crippen molar-refractivity contribution in [1.82, 2.24) is 4.98 Å². The molecular weight excluding hydrogens is 252 g/mol. The van der Waals surface area contributed by atoms with Crippen LogP contribution in [-0.4, -0.2) is 17.7 Å². The Hall–Kier alpha value is -2.07. The fourth-order valence-corrected chi connectivity index (χ4v) is 2.35. The smallest absolute Gasteiger partial charge is 0.137 e. The van der Waals surface area contributed by atoms with Crippen molar-refractivity contribution < 1.29 is 9.47 Å². The molecule has 1 aromatic carbocycles. The van der Waals surface area contributed by atoms with Crippen molar-refractivity contribution in [3.8, 4) is 11.5 Å². The zero-order valence-corrected chi connectivity index (χ0v) is 11.5. The van der Waals surface area contributed by atoms with Crippen LogP contribution in [0.5, 0.6) is 11.5 Å². The first-order valence-electron chi connectivity index (χ1n) is 6.78. The third-order valence-electron chi connectivity index (χ3n) is 3.40. The standard InChI is InChI=1S/C16H18N2O2/c1-11-2-5-16-12(6-11)7-15(20-16)10-19-14-4-3-13(8-17)18-9-14/h2-6,9,15H,7-8,10,17H2,1H3. The fraction of sp³-hybridized carbons (Fsp3) is 0.312. The van der Waals surface area contributed by atoms with Crippen molar-refractivity contribution >= 4 is 0 Å². The Balaban J connectivity index is 1.58. The van der Waals surface area contributed by atoms with E-state index in [1.54, 1.807) is 6.20 Å². The summed E-state index contributed by atoms with van der Waals surface area (Å²) >= 11 is 0. The van der Waals surface area contributed by atoms with Crippen LogP contribution in [-0.2, 0) is 13.0 Å². The molecular formula is C16H18N2O2. The van der Waals surface area contributed by atoms with Crippen molar-refractivity contribution in [1.29, 1.82) is 0 Å². The third-order valence-corrected chi connectivity index (χ3v) is 3.40. The predicted molar refractivity (Wildman–Crippen MR) is 76.9 cm³/mol. The Morgan fingerprint density at radius 2 is 2.25 bits per heavy atom. The van der Waals surface area contributed by atoms with Gasteiger partial charge in [-0.25, -0.2) is 0 Å². The van der Waals surface area contributed by atoms with Crippen LogP contribution in [0.25, 0.3) is 0 Å².